The van der Waals surface area contributed by atoms with E-state index in [1.807, 2.05) is 12.1 Å². The van der Waals surface area contributed by atoms with Crippen molar-refractivity contribution in [2.24, 2.45) is 0 Å². The van der Waals surface area contributed by atoms with Gasteiger partial charge >= 0.3 is 0 Å². The maximum absolute atomic E-state index is 12.6. The summed E-state index contributed by atoms with van der Waals surface area (Å²) in [5.74, 6) is -0.0756. The summed E-state index contributed by atoms with van der Waals surface area (Å²) in [6, 6.07) is 10.8. The lowest BCUT2D eigenvalue weighted by Crippen LogP contribution is -2.36. The van der Waals surface area contributed by atoms with Crippen molar-refractivity contribution in [2.75, 3.05) is 12.3 Å². The van der Waals surface area contributed by atoms with Crippen LogP contribution in [0.2, 0.25) is 10.0 Å². The summed E-state index contributed by atoms with van der Waals surface area (Å²) in [7, 11) is 0. The summed E-state index contributed by atoms with van der Waals surface area (Å²) in [4.78, 5) is 14.4. The number of nitrogen functional groups attached to an aromatic ring is 1. The standard InChI is InChI=1S/C16H14Cl2N2O/c17-12-6-11(7-13(18)8-12)16(21)20-5-4-10-2-1-3-15(19)14(10)9-20/h1-3,6-8H,4-5,9,19H2. The van der Waals surface area contributed by atoms with Gasteiger partial charge in [0, 0.05) is 34.4 Å². The topological polar surface area (TPSA) is 46.3 Å². The molecule has 3 rings (SSSR count). The number of fused-ring (bicyclic) bond motifs is 1. The molecular weight excluding hydrogens is 307 g/mol. The van der Waals surface area contributed by atoms with E-state index >= 15 is 0 Å². The van der Waals surface area contributed by atoms with Crippen LogP contribution < -0.4 is 5.73 Å². The van der Waals surface area contributed by atoms with Crippen molar-refractivity contribution in [3.8, 4) is 0 Å². The van der Waals surface area contributed by atoms with E-state index < -0.39 is 0 Å². The number of rotatable bonds is 1. The summed E-state index contributed by atoms with van der Waals surface area (Å²) in [5, 5.41) is 0.922. The van der Waals surface area contributed by atoms with E-state index in [-0.39, 0.29) is 5.91 Å². The molecule has 1 aliphatic heterocycles. The number of hydrogen-bond acceptors (Lipinski definition) is 2. The Hall–Kier alpha value is -1.71. The molecule has 108 valence electrons. The molecule has 3 nitrogen and oxygen atoms in total. The molecule has 1 amide bonds. The summed E-state index contributed by atoms with van der Waals surface area (Å²) >= 11 is 11.9. The van der Waals surface area contributed by atoms with Crippen molar-refractivity contribution in [1.82, 2.24) is 4.90 Å². The van der Waals surface area contributed by atoms with Crippen LogP contribution in [0.4, 0.5) is 5.69 Å². The third-order valence-electron chi connectivity index (χ3n) is 3.71. The predicted molar refractivity (Wildman–Crippen MR) is 85.8 cm³/mol. The fourth-order valence-corrected chi connectivity index (χ4v) is 3.17. The van der Waals surface area contributed by atoms with E-state index in [2.05, 4.69) is 6.07 Å². The zero-order valence-corrected chi connectivity index (χ0v) is 12.8. The van der Waals surface area contributed by atoms with Crippen LogP contribution in [0.5, 0.6) is 0 Å². The second kappa shape index (κ2) is 5.58. The molecule has 0 saturated carbocycles. The molecule has 0 aliphatic carbocycles. The SMILES string of the molecule is Nc1cccc2c1CN(C(=O)c1cc(Cl)cc(Cl)c1)CC2. The Morgan fingerprint density at radius 3 is 2.57 bits per heavy atom. The molecule has 0 radical (unpaired) electrons. The third kappa shape index (κ3) is 2.85. The number of benzene rings is 2. The Balaban J connectivity index is 1.89. The molecule has 21 heavy (non-hydrogen) atoms. The molecule has 0 saturated heterocycles. The number of carbonyl (C=O) groups excluding carboxylic acids is 1. The molecule has 2 N–H and O–H groups in total. The largest absolute Gasteiger partial charge is 0.398 e. The van der Waals surface area contributed by atoms with E-state index in [0.29, 0.717) is 28.7 Å². The monoisotopic (exact) mass is 320 g/mol. The van der Waals surface area contributed by atoms with Gasteiger partial charge in [0.05, 0.1) is 0 Å². The van der Waals surface area contributed by atoms with Crippen LogP contribution in [0.1, 0.15) is 21.5 Å². The minimum Gasteiger partial charge on any atom is -0.398 e. The van der Waals surface area contributed by atoms with Crippen molar-refractivity contribution in [1.29, 1.82) is 0 Å². The number of hydrogen-bond donors (Lipinski definition) is 1. The van der Waals surface area contributed by atoms with Gasteiger partial charge in [-0.05, 0) is 41.8 Å². The van der Waals surface area contributed by atoms with Gasteiger partial charge in [0.2, 0.25) is 0 Å². The lowest BCUT2D eigenvalue weighted by Gasteiger charge is -2.30. The maximum atomic E-state index is 12.6. The first kappa shape index (κ1) is 14.2. The molecule has 0 unspecified atom stereocenters. The molecular formula is C16H14Cl2N2O. The second-order valence-corrected chi connectivity index (χ2v) is 5.99. The molecule has 0 spiro atoms. The molecule has 2 aromatic rings. The first-order chi connectivity index (χ1) is 10.0. The number of halogens is 2. The quantitative estimate of drug-likeness (QED) is 0.813. The van der Waals surface area contributed by atoms with Crippen LogP contribution in [0, 0.1) is 0 Å². The van der Waals surface area contributed by atoms with Gasteiger partial charge < -0.3 is 10.6 Å². The lowest BCUT2D eigenvalue weighted by atomic mass is 9.97. The number of nitrogens with zero attached hydrogens (tertiary/aromatic N) is 1. The zero-order chi connectivity index (χ0) is 15.0. The average Bonchev–Trinajstić information content (AvgIpc) is 2.45. The minimum atomic E-state index is -0.0756. The van der Waals surface area contributed by atoms with E-state index in [0.717, 1.165) is 17.7 Å². The second-order valence-electron chi connectivity index (χ2n) is 5.12. The molecule has 2 aromatic carbocycles. The molecule has 0 aromatic heterocycles. The molecule has 0 atom stereocenters. The van der Waals surface area contributed by atoms with E-state index in [1.54, 1.807) is 23.1 Å². The number of nitrogens with two attached hydrogens (primary N) is 1. The van der Waals surface area contributed by atoms with Crippen LogP contribution in [-0.4, -0.2) is 17.4 Å². The fraction of sp³-hybridized carbons (Fsp3) is 0.188. The van der Waals surface area contributed by atoms with Gasteiger partial charge in [-0.1, -0.05) is 35.3 Å². The molecule has 0 bridgehead atoms. The predicted octanol–water partition coefficient (Wildman–Crippen LogP) is 3.77. The lowest BCUT2D eigenvalue weighted by molar-refractivity contribution is 0.0735. The highest BCUT2D eigenvalue weighted by Gasteiger charge is 2.23. The molecule has 1 aliphatic rings. The van der Waals surface area contributed by atoms with Gasteiger partial charge in [0.15, 0.2) is 0 Å². The summed E-state index contributed by atoms with van der Waals surface area (Å²) in [5.41, 5.74) is 9.49. The van der Waals surface area contributed by atoms with E-state index in [4.69, 9.17) is 28.9 Å². The first-order valence-corrected chi connectivity index (χ1v) is 7.42. The number of anilines is 1. The smallest absolute Gasteiger partial charge is 0.254 e. The highest BCUT2D eigenvalue weighted by Crippen LogP contribution is 2.26. The van der Waals surface area contributed by atoms with Gasteiger partial charge in [-0.3, -0.25) is 4.79 Å². The highest BCUT2D eigenvalue weighted by atomic mass is 35.5. The van der Waals surface area contributed by atoms with Gasteiger partial charge in [-0.2, -0.15) is 0 Å². The van der Waals surface area contributed by atoms with Crippen molar-refractivity contribution in [3.05, 3.63) is 63.1 Å². The van der Waals surface area contributed by atoms with Crippen molar-refractivity contribution < 1.29 is 4.79 Å². The van der Waals surface area contributed by atoms with Gasteiger partial charge in [-0.25, -0.2) is 0 Å². The summed E-state index contributed by atoms with van der Waals surface area (Å²) in [6.45, 7) is 1.18. The van der Waals surface area contributed by atoms with E-state index in [9.17, 15) is 4.79 Å². The highest BCUT2D eigenvalue weighted by molar-refractivity contribution is 6.35. The van der Waals surface area contributed by atoms with Crippen LogP contribution in [-0.2, 0) is 13.0 Å². The summed E-state index contributed by atoms with van der Waals surface area (Å²) < 4.78 is 0. The van der Waals surface area contributed by atoms with E-state index in [1.165, 1.54) is 5.56 Å². The fourth-order valence-electron chi connectivity index (χ4n) is 2.64. The average molecular weight is 321 g/mol. The van der Waals surface area contributed by atoms with Crippen molar-refractivity contribution in [2.45, 2.75) is 13.0 Å². The Morgan fingerprint density at radius 1 is 1.14 bits per heavy atom. The maximum Gasteiger partial charge on any atom is 0.254 e. The Morgan fingerprint density at radius 2 is 1.86 bits per heavy atom. The Kier molecular flexibility index (Phi) is 3.79. The molecule has 1 heterocycles. The molecule has 0 fully saturated rings. The minimum absolute atomic E-state index is 0.0756. The Labute approximate surface area is 133 Å². The Bertz CT molecular complexity index is 695. The molecule has 5 heteroatoms. The van der Waals surface area contributed by atoms with Gasteiger partial charge in [0.1, 0.15) is 0 Å². The van der Waals surface area contributed by atoms with Crippen molar-refractivity contribution in [3.63, 3.8) is 0 Å². The van der Waals surface area contributed by atoms with Gasteiger partial charge in [-0.15, -0.1) is 0 Å². The third-order valence-corrected chi connectivity index (χ3v) is 4.14. The van der Waals surface area contributed by atoms with Gasteiger partial charge in [0.25, 0.3) is 5.91 Å². The van der Waals surface area contributed by atoms with Crippen LogP contribution in [0.25, 0.3) is 0 Å². The van der Waals surface area contributed by atoms with Crippen molar-refractivity contribution >= 4 is 34.8 Å². The number of amides is 1. The normalized spacial score (nSPS) is 13.9. The van der Waals surface area contributed by atoms with Crippen LogP contribution >= 0.6 is 23.2 Å². The zero-order valence-electron chi connectivity index (χ0n) is 11.3. The van der Waals surface area contributed by atoms with Crippen LogP contribution in [0.3, 0.4) is 0 Å². The summed E-state index contributed by atoms with van der Waals surface area (Å²) in [6.07, 6.45) is 0.806. The number of carbonyl (C=O) groups is 1. The van der Waals surface area contributed by atoms with Crippen LogP contribution in [0.15, 0.2) is 36.4 Å². The first-order valence-electron chi connectivity index (χ1n) is 6.66.